The molecule has 2 aliphatic rings. The Morgan fingerprint density at radius 3 is 3.00 bits per heavy atom. The minimum atomic E-state index is 0.578. The van der Waals surface area contributed by atoms with Gasteiger partial charge in [0, 0.05) is 57.2 Å². The van der Waals surface area contributed by atoms with E-state index in [2.05, 4.69) is 56.0 Å². The molecule has 3 atom stereocenters. The van der Waals surface area contributed by atoms with Crippen molar-refractivity contribution in [1.29, 1.82) is 0 Å². The maximum atomic E-state index is 4.47. The van der Waals surface area contributed by atoms with E-state index < -0.39 is 0 Å². The van der Waals surface area contributed by atoms with E-state index in [1.54, 1.807) is 6.20 Å². The van der Waals surface area contributed by atoms with E-state index in [9.17, 15) is 0 Å². The lowest BCUT2D eigenvalue weighted by molar-refractivity contribution is 0.296. The molecule has 134 valence electrons. The van der Waals surface area contributed by atoms with Crippen molar-refractivity contribution in [3.63, 3.8) is 0 Å². The number of aromatic nitrogens is 4. The van der Waals surface area contributed by atoms with Gasteiger partial charge in [-0.2, -0.15) is 10.2 Å². The van der Waals surface area contributed by atoms with Crippen LogP contribution in [-0.2, 0) is 13.1 Å². The zero-order chi connectivity index (χ0) is 17.2. The molecule has 0 unspecified atom stereocenters. The van der Waals surface area contributed by atoms with Gasteiger partial charge in [-0.3, -0.25) is 9.58 Å². The summed E-state index contributed by atoms with van der Waals surface area (Å²) in [4.78, 5) is 4.96. The first-order valence-corrected chi connectivity index (χ1v) is 9.49. The molecule has 0 spiro atoms. The third-order valence-corrected chi connectivity index (χ3v) is 5.86. The quantitative estimate of drug-likeness (QED) is 0.808. The van der Waals surface area contributed by atoms with Crippen LogP contribution in [0.3, 0.4) is 0 Å². The molecule has 0 bridgehead atoms. The first-order chi connectivity index (χ1) is 12.2. The number of hydrogen-bond acceptors (Lipinski definition) is 5. The fourth-order valence-corrected chi connectivity index (χ4v) is 4.69. The Morgan fingerprint density at radius 2 is 2.20 bits per heavy atom. The molecule has 6 heteroatoms. The average molecular weight is 340 g/mol. The standard InChI is InChI=1S/C19H28N6/c1-3-9-25-12-15(10-21-25)11-24-13-16-6-7-18(17(16)14-24)23(2)19-5-4-8-20-22-19/h4-5,8,10,12,16-18H,3,6-7,9,11,13-14H2,1-2H3/t16-,17+,18-/m1/s1. The van der Waals surface area contributed by atoms with Crippen molar-refractivity contribution in [3.05, 3.63) is 36.3 Å². The highest BCUT2D eigenvalue weighted by Crippen LogP contribution is 2.41. The van der Waals surface area contributed by atoms with Crippen molar-refractivity contribution < 1.29 is 0 Å². The molecule has 1 aliphatic carbocycles. The molecule has 2 fully saturated rings. The van der Waals surface area contributed by atoms with Crippen molar-refractivity contribution in [2.75, 3.05) is 25.0 Å². The van der Waals surface area contributed by atoms with Gasteiger partial charge < -0.3 is 4.90 Å². The summed E-state index contributed by atoms with van der Waals surface area (Å²) in [6, 6.07) is 4.62. The van der Waals surface area contributed by atoms with Gasteiger partial charge in [-0.1, -0.05) is 6.92 Å². The highest BCUT2D eigenvalue weighted by atomic mass is 15.3. The Kier molecular flexibility index (Phi) is 4.70. The van der Waals surface area contributed by atoms with Crippen LogP contribution in [0, 0.1) is 11.8 Å². The molecule has 0 amide bonds. The minimum absolute atomic E-state index is 0.578. The van der Waals surface area contributed by atoms with Crippen molar-refractivity contribution >= 4 is 5.82 Å². The van der Waals surface area contributed by atoms with Gasteiger partial charge in [0.25, 0.3) is 0 Å². The summed E-state index contributed by atoms with van der Waals surface area (Å²) < 4.78 is 2.07. The maximum absolute atomic E-state index is 4.47. The zero-order valence-electron chi connectivity index (χ0n) is 15.3. The Bertz CT molecular complexity index is 684. The third kappa shape index (κ3) is 3.40. The Balaban J connectivity index is 1.39. The highest BCUT2D eigenvalue weighted by molar-refractivity contribution is 5.37. The van der Waals surface area contributed by atoms with Gasteiger partial charge in [0.15, 0.2) is 5.82 Å². The molecule has 0 aromatic carbocycles. The van der Waals surface area contributed by atoms with Gasteiger partial charge in [-0.05, 0) is 43.2 Å². The predicted molar refractivity (Wildman–Crippen MR) is 98.2 cm³/mol. The molecule has 0 N–H and O–H groups in total. The Morgan fingerprint density at radius 1 is 1.28 bits per heavy atom. The second-order valence-electron chi connectivity index (χ2n) is 7.57. The number of fused-ring (bicyclic) bond motifs is 1. The van der Waals surface area contributed by atoms with E-state index in [1.165, 1.54) is 31.5 Å². The smallest absolute Gasteiger partial charge is 0.151 e. The molecule has 1 aliphatic heterocycles. The highest BCUT2D eigenvalue weighted by Gasteiger charge is 2.44. The normalized spacial score (nSPS) is 26.1. The van der Waals surface area contributed by atoms with Crippen LogP contribution in [-0.4, -0.2) is 51.1 Å². The topological polar surface area (TPSA) is 50.1 Å². The third-order valence-electron chi connectivity index (χ3n) is 5.86. The SMILES string of the molecule is CCCn1cc(CN2C[C@H]3CC[C@@H](N(C)c4cccnn4)[C@H]3C2)cn1. The van der Waals surface area contributed by atoms with E-state index >= 15 is 0 Å². The number of hydrogen-bond donors (Lipinski definition) is 0. The molecule has 6 nitrogen and oxygen atoms in total. The van der Waals surface area contributed by atoms with Crippen molar-refractivity contribution in [2.45, 2.75) is 45.3 Å². The molecular weight excluding hydrogens is 312 g/mol. The predicted octanol–water partition coefficient (Wildman–Crippen LogP) is 2.43. The van der Waals surface area contributed by atoms with E-state index in [-0.39, 0.29) is 0 Å². The summed E-state index contributed by atoms with van der Waals surface area (Å²) in [6.07, 6.45) is 9.71. The number of aryl methyl sites for hydroxylation is 1. The Labute approximate surface area is 149 Å². The second-order valence-corrected chi connectivity index (χ2v) is 7.57. The molecule has 4 rings (SSSR count). The van der Waals surface area contributed by atoms with Crippen molar-refractivity contribution in [1.82, 2.24) is 24.9 Å². The summed E-state index contributed by atoms with van der Waals surface area (Å²) in [5.74, 6) is 2.54. The summed E-state index contributed by atoms with van der Waals surface area (Å²) in [5.41, 5.74) is 1.34. The monoisotopic (exact) mass is 340 g/mol. The van der Waals surface area contributed by atoms with Gasteiger partial charge >= 0.3 is 0 Å². The molecule has 0 radical (unpaired) electrons. The van der Waals surface area contributed by atoms with E-state index in [1.807, 2.05) is 12.3 Å². The first kappa shape index (κ1) is 16.5. The van der Waals surface area contributed by atoms with Crippen LogP contribution in [0.1, 0.15) is 31.7 Å². The number of rotatable bonds is 6. The number of likely N-dealkylation sites (tertiary alicyclic amines) is 1. The van der Waals surface area contributed by atoms with Crippen molar-refractivity contribution in [2.24, 2.45) is 11.8 Å². The maximum Gasteiger partial charge on any atom is 0.151 e. The Hall–Kier alpha value is -1.95. The molecular formula is C19H28N6. The molecule has 25 heavy (non-hydrogen) atoms. The summed E-state index contributed by atoms with van der Waals surface area (Å²) in [5, 5.41) is 12.8. The van der Waals surface area contributed by atoms with Crippen molar-refractivity contribution in [3.8, 4) is 0 Å². The average Bonchev–Trinajstić information content (AvgIpc) is 3.32. The van der Waals surface area contributed by atoms with Crippen LogP contribution in [0.15, 0.2) is 30.7 Å². The van der Waals surface area contributed by atoms with Gasteiger partial charge in [0.1, 0.15) is 0 Å². The van der Waals surface area contributed by atoms with Crippen LogP contribution >= 0.6 is 0 Å². The number of anilines is 1. The van der Waals surface area contributed by atoms with E-state index in [0.29, 0.717) is 6.04 Å². The fourth-order valence-electron chi connectivity index (χ4n) is 4.69. The zero-order valence-corrected chi connectivity index (χ0v) is 15.3. The van der Waals surface area contributed by atoms with Gasteiger partial charge in [0.2, 0.25) is 0 Å². The molecule has 2 aromatic rings. The lowest BCUT2D eigenvalue weighted by atomic mass is 9.97. The summed E-state index contributed by atoms with van der Waals surface area (Å²) in [6.45, 7) is 6.62. The summed E-state index contributed by atoms with van der Waals surface area (Å²) in [7, 11) is 2.18. The summed E-state index contributed by atoms with van der Waals surface area (Å²) >= 11 is 0. The van der Waals surface area contributed by atoms with Gasteiger partial charge in [0.05, 0.1) is 6.20 Å². The first-order valence-electron chi connectivity index (χ1n) is 9.49. The fraction of sp³-hybridized carbons (Fsp3) is 0.632. The van der Waals surface area contributed by atoms with Gasteiger partial charge in [-0.15, -0.1) is 5.10 Å². The molecule has 1 saturated carbocycles. The second kappa shape index (κ2) is 7.12. The number of nitrogens with zero attached hydrogens (tertiary/aromatic N) is 6. The van der Waals surface area contributed by atoms with E-state index in [4.69, 9.17) is 0 Å². The lowest BCUT2D eigenvalue weighted by Gasteiger charge is -2.30. The van der Waals surface area contributed by atoms with Crippen LogP contribution in [0.2, 0.25) is 0 Å². The van der Waals surface area contributed by atoms with Crippen LogP contribution < -0.4 is 4.90 Å². The molecule has 1 saturated heterocycles. The molecule has 2 aromatic heterocycles. The largest absolute Gasteiger partial charge is 0.355 e. The lowest BCUT2D eigenvalue weighted by Crippen LogP contribution is -2.38. The van der Waals surface area contributed by atoms with E-state index in [0.717, 1.165) is 37.2 Å². The van der Waals surface area contributed by atoms with Crippen LogP contribution in [0.25, 0.3) is 0 Å². The van der Waals surface area contributed by atoms with Gasteiger partial charge in [-0.25, -0.2) is 0 Å². The molecule has 3 heterocycles. The van der Waals surface area contributed by atoms with Crippen LogP contribution in [0.4, 0.5) is 5.82 Å². The van der Waals surface area contributed by atoms with Crippen LogP contribution in [0.5, 0.6) is 0 Å². The minimum Gasteiger partial charge on any atom is -0.355 e.